The molecule has 5 rings (SSSR count). The Morgan fingerprint density at radius 1 is 1.03 bits per heavy atom. The minimum absolute atomic E-state index is 0. The number of nitrogens with zero attached hydrogens (tertiary/aromatic N) is 7. The number of piperazine rings is 1. The monoisotopic (exact) mass is 452 g/mol. The van der Waals surface area contributed by atoms with Crippen molar-refractivity contribution < 1.29 is 0 Å². The van der Waals surface area contributed by atoms with Gasteiger partial charge in [-0.15, -0.1) is 17.5 Å². The molecule has 1 N–H and O–H groups in total. The van der Waals surface area contributed by atoms with Crippen molar-refractivity contribution in [1.29, 1.82) is 0 Å². The molecule has 0 spiro atoms. The third-order valence-corrected chi connectivity index (χ3v) is 6.00. The van der Waals surface area contributed by atoms with E-state index in [1.54, 1.807) is 0 Å². The molecular formula is C23H29ClN8. The Morgan fingerprint density at radius 3 is 2.53 bits per heavy atom. The summed E-state index contributed by atoms with van der Waals surface area (Å²) >= 11 is 0. The van der Waals surface area contributed by atoms with Crippen molar-refractivity contribution in [3.05, 3.63) is 42.1 Å². The number of anilines is 3. The molecule has 8 nitrogen and oxygen atoms in total. The van der Waals surface area contributed by atoms with Gasteiger partial charge in [0.15, 0.2) is 0 Å². The van der Waals surface area contributed by atoms with Gasteiger partial charge in [-0.2, -0.15) is 0 Å². The standard InChI is InChI=1S/C23H28N8.ClH/c1-15(2)31-22-20(27-28-31)7-5-17-14-24-23(26-21(17)22)25-19-8-6-18(13-16(19)3)30-11-9-29(4)10-12-30;/h5-8,13-15H,9-12H2,1-4H3,(H,24,25,26);1H. The summed E-state index contributed by atoms with van der Waals surface area (Å²) in [6, 6.07) is 10.7. The molecule has 2 aromatic heterocycles. The summed E-state index contributed by atoms with van der Waals surface area (Å²) < 4.78 is 1.92. The highest BCUT2D eigenvalue weighted by Gasteiger charge is 2.16. The molecule has 0 radical (unpaired) electrons. The van der Waals surface area contributed by atoms with Crippen LogP contribution in [0.2, 0.25) is 0 Å². The lowest BCUT2D eigenvalue weighted by Crippen LogP contribution is -2.44. The molecule has 1 aliphatic heterocycles. The van der Waals surface area contributed by atoms with Crippen LogP contribution in [0.5, 0.6) is 0 Å². The van der Waals surface area contributed by atoms with Crippen molar-refractivity contribution in [3.63, 3.8) is 0 Å². The summed E-state index contributed by atoms with van der Waals surface area (Å²) in [7, 11) is 2.18. The van der Waals surface area contributed by atoms with Gasteiger partial charge < -0.3 is 15.1 Å². The van der Waals surface area contributed by atoms with Crippen molar-refractivity contribution in [2.45, 2.75) is 26.8 Å². The van der Waals surface area contributed by atoms with Crippen LogP contribution < -0.4 is 10.2 Å². The molecule has 0 saturated carbocycles. The number of aromatic nitrogens is 5. The maximum atomic E-state index is 4.84. The molecule has 1 aliphatic rings. The van der Waals surface area contributed by atoms with Crippen LogP contribution in [-0.2, 0) is 0 Å². The SMILES string of the molecule is Cc1cc(N2CCN(C)CC2)ccc1Nc1ncc2ccc3nnn(C(C)C)c3c2n1.Cl. The summed E-state index contributed by atoms with van der Waals surface area (Å²) in [6.45, 7) is 10.6. The van der Waals surface area contributed by atoms with Gasteiger partial charge in [0.2, 0.25) is 5.95 Å². The number of hydrogen-bond donors (Lipinski definition) is 1. The fourth-order valence-corrected chi connectivity index (χ4v) is 4.11. The second kappa shape index (κ2) is 8.88. The van der Waals surface area contributed by atoms with E-state index in [9.17, 15) is 0 Å². The molecule has 9 heteroatoms. The van der Waals surface area contributed by atoms with E-state index in [2.05, 4.69) is 76.4 Å². The molecule has 0 unspecified atom stereocenters. The number of nitrogens with one attached hydrogen (secondary N) is 1. The van der Waals surface area contributed by atoms with Gasteiger partial charge in [0.25, 0.3) is 0 Å². The Morgan fingerprint density at radius 2 is 1.81 bits per heavy atom. The molecule has 32 heavy (non-hydrogen) atoms. The Hall–Kier alpha value is -2.97. The van der Waals surface area contributed by atoms with Crippen molar-refractivity contribution >= 4 is 51.7 Å². The summed E-state index contributed by atoms with van der Waals surface area (Å²) in [6.07, 6.45) is 1.86. The third-order valence-electron chi connectivity index (χ3n) is 6.00. The highest BCUT2D eigenvalue weighted by atomic mass is 35.5. The minimum atomic E-state index is 0. The topological polar surface area (TPSA) is 75.0 Å². The van der Waals surface area contributed by atoms with Crippen LogP contribution in [0.15, 0.2) is 36.5 Å². The number of benzene rings is 2. The van der Waals surface area contributed by atoms with E-state index in [0.29, 0.717) is 5.95 Å². The van der Waals surface area contributed by atoms with Gasteiger partial charge in [0.05, 0.1) is 0 Å². The number of aryl methyl sites for hydroxylation is 1. The Bertz CT molecular complexity index is 1240. The fourth-order valence-electron chi connectivity index (χ4n) is 4.11. The smallest absolute Gasteiger partial charge is 0.227 e. The van der Waals surface area contributed by atoms with E-state index < -0.39 is 0 Å². The lowest BCUT2D eigenvalue weighted by atomic mass is 10.1. The predicted molar refractivity (Wildman–Crippen MR) is 132 cm³/mol. The van der Waals surface area contributed by atoms with Gasteiger partial charge in [-0.1, -0.05) is 5.21 Å². The molecule has 0 aliphatic carbocycles. The van der Waals surface area contributed by atoms with Gasteiger partial charge in [0.1, 0.15) is 16.6 Å². The molecule has 1 saturated heterocycles. The first-order valence-corrected chi connectivity index (χ1v) is 10.8. The largest absolute Gasteiger partial charge is 0.369 e. The van der Waals surface area contributed by atoms with Crippen molar-refractivity contribution in [3.8, 4) is 0 Å². The quantitative estimate of drug-likeness (QED) is 0.497. The molecule has 2 aromatic carbocycles. The van der Waals surface area contributed by atoms with Crippen LogP contribution in [0.3, 0.4) is 0 Å². The highest BCUT2D eigenvalue weighted by Crippen LogP contribution is 2.28. The summed E-state index contributed by atoms with van der Waals surface area (Å²) in [5, 5.41) is 13.0. The van der Waals surface area contributed by atoms with Gasteiger partial charge in [-0.05, 0) is 63.7 Å². The fraction of sp³-hybridized carbons (Fsp3) is 0.391. The summed E-state index contributed by atoms with van der Waals surface area (Å²) in [4.78, 5) is 14.2. The number of hydrogen-bond acceptors (Lipinski definition) is 7. The normalized spacial score (nSPS) is 14.8. The zero-order valence-corrected chi connectivity index (χ0v) is 19.7. The number of fused-ring (bicyclic) bond motifs is 3. The zero-order chi connectivity index (χ0) is 21.5. The van der Waals surface area contributed by atoms with Gasteiger partial charge >= 0.3 is 0 Å². The molecule has 1 fully saturated rings. The van der Waals surface area contributed by atoms with Gasteiger partial charge in [0, 0.05) is 55.2 Å². The van der Waals surface area contributed by atoms with E-state index >= 15 is 0 Å². The van der Waals surface area contributed by atoms with Crippen molar-refractivity contribution in [1.82, 2.24) is 29.9 Å². The van der Waals surface area contributed by atoms with E-state index in [0.717, 1.165) is 53.8 Å². The van der Waals surface area contributed by atoms with Crippen molar-refractivity contribution in [2.75, 3.05) is 43.4 Å². The van der Waals surface area contributed by atoms with Crippen LogP contribution in [-0.4, -0.2) is 63.1 Å². The van der Waals surface area contributed by atoms with Crippen LogP contribution in [0.4, 0.5) is 17.3 Å². The van der Waals surface area contributed by atoms with Crippen LogP contribution >= 0.6 is 12.4 Å². The van der Waals surface area contributed by atoms with Crippen LogP contribution in [0.1, 0.15) is 25.5 Å². The second-order valence-corrected chi connectivity index (χ2v) is 8.61. The maximum absolute atomic E-state index is 4.84. The Kier molecular flexibility index (Phi) is 6.17. The summed E-state index contributed by atoms with van der Waals surface area (Å²) in [5.41, 5.74) is 6.11. The molecule has 0 amide bonds. The maximum Gasteiger partial charge on any atom is 0.227 e. The average Bonchev–Trinajstić information content (AvgIpc) is 3.21. The molecule has 168 valence electrons. The first kappa shape index (κ1) is 22.2. The number of rotatable bonds is 4. The van der Waals surface area contributed by atoms with E-state index in [-0.39, 0.29) is 18.4 Å². The average molecular weight is 453 g/mol. The first-order valence-electron chi connectivity index (χ1n) is 10.8. The number of halogens is 1. The van der Waals surface area contributed by atoms with Crippen LogP contribution in [0.25, 0.3) is 21.9 Å². The summed E-state index contributed by atoms with van der Waals surface area (Å²) in [5.74, 6) is 0.576. The molecule has 0 bridgehead atoms. The van der Waals surface area contributed by atoms with E-state index in [1.807, 2.05) is 23.0 Å². The Balaban J connectivity index is 0.00000245. The molecular weight excluding hydrogens is 424 g/mol. The molecule has 4 aromatic rings. The third kappa shape index (κ3) is 4.08. The number of likely N-dealkylation sites (N-methyl/N-ethyl adjacent to an activating group) is 1. The Labute approximate surface area is 194 Å². The molecule has 3 heterocycles. The van der Waals surface area contributed by atoms with Gasteiger partial charge in [-0.25, -0.2) is 14.6 Å². The highest BCUT2D eigenvalue weighted by molar-refractivity contribution is 6.01. The van der Waals surface area contributed by atoms with Crippen molar-refractivity contribution in [2.24, 2.45) is 0 Å². The lowest BCUT2D eigenvalue weighted by Gasteiger charge is -2.34. The first-order chi connectivity index (χ1) is 15.0. The predicted octanol–water partition coefficient (Wildman–Crippen LogP) is 4.18. The lowest BCUT2D eigenvalue weighted by molar-refractivity contribution is 0.313. The zero-order valence-electron chi connectivity index (χ0n) is 18.9. The van der Waals surface area contributed by atoms with Crippen LogP contribution in [0, 0.1) is 6.92 Å². The van der Waals surface area contributed by atoms with E-state index in [4.69, 9.17) is 4.98 Å². The molecule has 0 atom stereocenters. The van der Waals surface area contributed by atoms with E-state index in [1.165, 1.54) is 11.3 Å². The van der Waals surface area contributed by atoms with Gasteiger partial charge in [-0.3, -0.25) is 0 Å². The second-order valence-electron chi connectivity index (χ2n) is 8.61. The minimum Gasteiger partial charge on any atom is -0.369 e.